The summed E-state index contributed by atoms with van der Waals surface area (Å²) in [5, 5.41) is 8.19. The molecular weight excluding hydrogens is 292 g/mol. The van der Waals surface area contributed by atoms with Crippen molar-refractivity contribution in [3.63, 3.8) is 0 Å². The predicted octanol–water partition coefficient (Wildman–Crippen LogP) is 2.47. The Hall–Kier alpha value is -2.89. The second-order valence-corrected chi connectivity index (χ2v) is 5.04. The van der Waals surface area contributed by atoms with Crippen LogP contribution >= 0.6 is 0 Å². The van der Waals surface area contributed by atoms with Gasteiger partial charge in [0.15, 0.2) is 0 Å². The van der Waals surface area contributed by atoms with Crippen LogP contribution in [0.15, 0.2) is 54.7 Å². The first-order valence-corrected chi connectivity index (χ1v) is 7.45. The Bertz CT molecular complexity index is 632. The number of hydrogen-bond donors (Lipinski definition) is 3. The topological polar surface area (TPSA) is 83.1 Å². The maximum absolute atomic E-state index is 11.9. The van der Waals surface area contributed by atoms with E-state index in [0.29, 0.717) is 5.69 Å². The number of rotatable bonds is 6. The van der Waals surface area contributed by atoms with E-state index in [9.17, 15) is 9.59 Å². The third-order valence-corrected chi connectivity index (χ3v) is 3.18. The van der Waals surface area contributed by atoms with Crippen molar-refractivity contribution in [3.05, 3.63) is 60.4 Å². The molecule has 0 saturated heterocycles. The maximum atomic E-state index is 11.9. The Labute approximate surface area is 135 Å². The number of carbonyl (C=O) groups is 2. The largest absolute Gasteiger partial charge is 0.348 e. The molecule has 0 aliphatic carbocycles. The van der Waals surface area contributed by atoms with Gasteiger partial charge in [-0.25, -0.2) is 4.79 Å². The van der Waals surface area contributed by atoms with Crippen molar-refractivity contribution in [1.29, 1.82) is 0 Å². The van der Waals surface area contributed by atoms with Crippen LogP contribution in [-0.2, 0) is 4.79 Å². The van der Waals surface area contributed by atoms with Crippen molar-refractivity contribution in [1.82, 2.24) is 15.6 Å². The van der Waals surface area contributed by atoms with Gasteiger partial charge in [-0.05, 0) is 31.2 Å². The van der Waals surface area contributed by atoms with Crippen molar-refractivity contribution in [2.75, 3.05) is 11.9 Å². The first kappa shape index (κ1) is 16.5. The third-order valence-electron chi connectivity index (χ3n) is 3.18. The van der Waals surface area contributed by atoms with Gasteiger partial charge in [-0.15, -0.1) is 0 Å². The highest BCUT2D eigenvalue weighted by Crippen LogP contribution is 2.07. The molecule has 0 unspecified atom stereocenters. The second kappa shape index (κ2) is 8.53. The third kappa shape index (κ3) is 5.78. The van der Waals surface area contributed by atoms with Crippen LogP contribution < -0.4 is 16.0 Å². The van der Waals surface area contributed by atoms with E-state index in [4.69, 9.17) is 0 Å². The zero-order chi connectivity index (χ0) is 16.5. The Morgan fingerprint density at radius 2 is 1.83 bits per heavy atom. The van der Waals surface area contributed by atoms with Crippen LogP contribution in [0.25, 0.3) is 0 Å². The number of amides is 3. The first-order chi connectivity index (χ1) is 11.1. The summed E-state index contributed by atoms with van der Waals surface area (Å²) in [5.41, 5.74) is 1.51. The van der Waals surface area contributed by atoms with Crippen LogP contribution in [0, 0.1) is 0 Å². The molecule has 0 aliphatic rings. The minimum Gasteiger partial charge on any atom is -0.348 e. The van der Waals surface area contributed by atoms with Gasteiger partial charge in [0, 0.05) is 24.8 Å². The average molecular weight is 312 g/mol. The van der Waals surface area contributed by atoms with Crippen molar-refractivity contribution >= 4 is 17.6 Å². The van der Waals surface area contributed by atoms with E-state index >= 15 is 0 Å². The SMILES string of the molecule is C[C@H](NC(=O)CCNC(=O)Nc1ccccc1)c1ccccn1. The van der Waals surface area contributed by atoms with Crippen molar-refractivity contribution in [2.24, 2.45) is 0 Å². The van der Waals surface area contributed by atoms with Gasteiger partial charge in [0.25, 0.3) is 0 Å². The number of para-hydroxylation sites is 1. The van der Waals surface area contributed by atoms with Crippen LogP contribution in [0.3, 0.4) is 0 Å². The van der Waals surface area contributed by atoms with Crippen LogP contribution in [0.2, 0.25) is 0 Å². The van der Waals surface area contributed by atoms with E-state index < -0.39 is 0 Å². The normalized spacial score (nSPS) is 11.3. The minimum absolute atomic E-state index is 0.136. The summed E-state index contributed by atoms with van der Waals surface area (Å²) >= 11 is 0. The summed E-state index contributed by atoms with van der Waals surface area (Å²) in [4.78, 5) is 27.7. The Kier molecular flexibility index (Phi) is 6.11. The van der Waals surface area contributed by atoms with Gasteiger partial charge < -0.3 is 16.0 Å². The number of nitrogens with one attached hydrogen (secondary N) is 3. The Balaban J connectivity index is 1.67. The van der Waals surface area contributed by atoms with Crippen LogP contribution in [-0.4, -0.2) is 23.5 Å². The molecule has 0 saturated carbocycles. The maximum Gasteiger partial charge on any atom is 0.319 e. The Morgan fingerprint density at radius 1 is 1.09 bits per heavy atom. The lowest BCUT2D eigenvalue weighted by molar-refractivity contribution is -0.121. The first-order valence-electron chi connectivity index (χ1n) is 7.45. The Morgan fingerprint density at radius 3 is 2.52 bits per heavy atom. The molecule has 0 spiro atoms. The molecule has 0 aliphatic heterocycles. The molecule has 1 heterocycles. The number of pyridine rings is 1. The van der Waals surface area contributed by atoms with Crippen LogP contribution in [0.4, 0.5) is 10.5 Å². The summed E-state index contributed by atoms with van der Waals surface area (Å²) in [7, 11) is 0. The van der Waals surface area contributed by atoms with Crippen molar-refractivity contribution in [2.45, 2.75) is 19.4 Å². The fourth-order valence-electron chi connectivity index (χ4n) is 2.01. The molecule has 0 bridgehead atoms. The molecule has 0 radical (unpaired) electrons. The highest BCUT2D eigenvalue weighted by Gasteiger charge is 2.10. The molecule has 6 nitrogen and oxygen atoms in total. The lowest BCUT2D eigenvalue weighted by atomic mass is 10.2. The quantitative estimate of drug-likeness (QED) is 0.766. The van der Waals surface area contributed by atoms with E-state index in [1.54, 1.807) is 18.3 Å². The highest BCUT2D eigenvalue weighted by atomic mass is 16.2. The lowest BCUT2D eigenvalue weighted by Crippen LogP contribution is -2.34. The monoisotopic (exact) mass is 312 g/mol. The van der Waals surface area contributed by atoms with E-state index in [1.165, 1.54) is 0 Å². The molecule has 23 heavy (non-hydrogen) atoms. The smallest absolute Gasteiger partial charge is 0.319 e. The molecule has 2 aromatic rings. The number of carbonyl (C=O) groups excluding carboxylic acids is 2. The molecule has 6 heteroatoms. The van der Waals surface area contributed by atoms with Gasteiger partial charge in [0.05, 0.1) is 11.7 Å². The molecule has 3 amide bonds. The van der Waals surface area contributed by atoms with Gasteiger partial charge in [0.2, 0.25) is 5.91 Å². The number of anilines is 1. The van der Waals surface area contributed by atoms with E-state index in [-0.39, 0.29) is 30.9 Å². The van der Waals surface area contributed by atoms with Crippen molar-refractivity contribution in [3.8, 4) is 0 Å². The van der Waals surface area contributed by atoms with Crippen molar-refractivity contribution < 1.29 is 9.59 Å². The van der Waals surface area contributed by atoms with Crippen LogP contribution in [0.1, 0.15) is 25.1 Å². The average Bonchev–Trinajstić information content (AvgIpc) is 2.56. The van der Waals surface area contributed by atoms with Gasteiger partial charge >= 0.3 is 6.03 Å². The van der Waals surface area contributed by atoms with Gasteiger partial charge in [-0.3, -0.25) is 9.78 Å². The summed E-state index contributed by atoms with van der Waals surface area (Å²) in [6, 6.07) is 14.2. The van der Waals surface area contributed by atoms with E-state index in [0.717, 1.165) is 5.69 Å². The van der Waals surface area contributed by atoms with Gasteiger partial charge in [0.1, 0.15) is 0 Å². The second-order valence-electron chi connectivity index (χ2n) is 5.04. The fraction of sp³-hybridized carbons (Fsp3) is 0.235. The van der Waals surface area contributed by atoms with Gasteiger partial charge in [-0.1, -0.05) is 24.3 Å². The lowest BCUT2D eigenvalue weighted by Gasteiger charge is -2.13. The van der Waals surface area contributed by atoms with E-state index in [2.05, 4.69) is 20.9 Å². The summed E-state index contributed by atoms with van der Waals surface area (Å²) < 4.78 is 0. The number of nitrogens with zero attached hydrogens (tertiary/aromatic N) is 1. The number of hydrogen-bond acceptors (Lipinski definition) is 3. The molecular formula is C17H20N4O2. The summed E-state index contributed by atoms with van der Waals surface area (Å²) in [6.45, 7) is 2.13. The molecule has 1 aromatic heterocycles. The molecule has 2 rings (SSSR count). The molecule has 120 valence electrons. The predicted molar refractivity (Wildman–Crippen MR) is 88.9 cm³/mol. The number of aromatic nitrogens is 1. The molecule has 1 atom stereocenters. The summed E-state index contributed by atoms with van der Waals surface area (Å²) in [5.74, 6) is -0.136. The number of benzene rings is 1. The molecule has 0 fully saturated rings. The van der Waals surface area contributed by atoms with E-state index in [1.807, 2.05) is 43.3 Å². The standard InChI is InChI=1S/C17H20N4O2/c1-13(15-9-5-6-11-18-15)20-16(22)10-12-19-17(23)21-14-7-3-2-4-8-14/h2-9,11,13H,10,12H2,1H3,(H,20,22)(H2,19,21,23)/t13-/m0/s1. The minimum atomic E-state index is -0.332. The van der Waals surface area contributed by atoms with Gasteiger partial charge in [-0.2, -0.15) is 0 Å². The van der Waals surface area contributed by atoms with Crippen LogP contribution in [0.5, 0.6) is 0 Å². The molecule has 3 N–H and O–H groups in total. The molecule has 1 aromatic carbocycles. The summed E-state index contributed by atoms with van der Waals surface area (Å²) in [6.07, 6.45) is 1.90. The zero-order valence-corrected chi connectivity index (χ0v) is 13.0. The zero-order valence-electron chi connectivity index (χ0n) is 13.0. The highest BCUT2D eigenvalue weighted by molar-refractivity contribution is 5.89. The number of urea groups is 1. The fourth-order valence-corrected chi connectivity index (χ4v) is 2.01.